The van der Waals surface area contributed by atoms with E-state index in [1.165, 1.54) is 0 Å². The van der Waals surface area contributed by atoms with Gasteiger partial charge in [-0.2, -0.15) is 13.2 Å². The summed E-state index contributed by atoms with van der Waals surface area (Å²) in [7, 11) is 0. The Kier molecular flexibility index (Phi) is 6.04. The average Bonchev–Trinajstić information content (AvgIpc) is 2.33. The summed E-state index contributed by atoms with van der Waals surface area (Å²) in [5.41, 5.74) is -1.58. The van der Waals surface area contributed by atoms with Crippen LogP contribution in [0.15, 0.2) is 23.0 Å². The summed E-state index contributed by atoms with van der Waals surface area (Å²) in [4.78, 5) is 11.5. The van der Waals surface area contributed by atoms with Crippen molar-refractivity contribution in [2.24, 2.45) is 0 Å². The second-order valence-corrected chi connectivity index (χ2v) is 3.85. The Morgan fingerprint density at radius 2 is 2.05 bits per heavy atom. The molecule has 0 unspecified atom stereocenters. The van der Waals surface area contributed by atoms with E-state index in [9.17, 15) is 18.0 Å². The number of halogens is 3. The van der Waals surface area contributed by atoms with Crippen molar-refractivity contribution in [2.75, 3.05) is 26.3 Å². The predicted octanol–water partition coefficient (Wildman–Crippen LogP) is 1.49. The number of nitrogens with one attached hydrogen (secondary N) is 1. The van der Waals surface area contributed by atoms with Crippen molar-refractivity contribution in [2.45, 2.75) is 19.6 Å². The lowest BCUT2D eigenvalue weighted by Crippen LogP contribution is -2.32. The smallest absolute Gasteiger partial charge is 0.380 e. The van der Waals surface area contributed by atoms with E-state index in [0.29, 0.717) is 19.8 Å². The number of hydrogen-bond acceptors (Lipinski definition) is 3. The van der Waals surface area contributed by atoms with Crippen LogP contribution in [-0.2, 0) is 17.5 Å². The Bertz CT molecular complexity index is 443. The molecule has 0 bridgehead atoms. The Morgan fingerprint density at radius 3 is 2.68 bits per heavy atom. The summed E-state index contributed by atoms with van der Waals surface area (Å²) in [6.45, 7) is 3.74. The van der Waals surface area contributed by atoms with E-state index in [-0.39, 0.29) is 13.1 Å². The SMILES string of the molecule is CCOCCNCCn1c(C(F)(F)F)cccc1=O. The lowest BCUT2D eigenvalue weighted by molar-refractivity contribution is -0.144. The minimum Gasteiger partial charge on any atom is -0.380 e. The molecular formula is C12H17F3N2O2. The monoisotopic (exact) mass is 278 g/mol. The molecule has 1 aromatic rings. The van der Waals surface area contributed by atoms with Crippen LogP contribution < -0.4 is 10.9 Å². The van der Waals surface area contributed by atoms with Crippen LogP contribution in [0.4, 0.5) is 13.2 Å². The van der Waals surface area contributed by atoms with Gasteiger partial charge in [0.1, 0.15) is 5.69 Å². The van der Waals surface area contributed by atoms with E-state index in [1.54, 1.807) is 0 Å². The van der Waals surface area contributed by atoms with Crippen molar-refractivity contribution in [3.05, 3.63) is 34.2 Å². The quantitative estimate of drug-likeness (QED) is 0.769. The average molecular weight is 278 g/mol. The lowest BCUT2D eigenvalue weighted by Gasteiger charge is -2.15. The van der Waals surface area contributed by atoms with Gasteiger partial charge in [0.2, 0.25) is 0 Å². The highest BCUT2D eigenvalue weighted by Crippen LogP contribution is 2.27. The fourth-order valence-electron chi connectivity index (χ4n) is 1.60. The molecular weight excluding hydrogens is 261 g/mol. The van der Waals surface area contributed by atoms with Crippen LogP contribution in [0.2, 0.25) is 0 Å². The molecule has 0 amide bonds. The van der Waals surface area contributed by atoms with Gasteiger partial charge in [0.15, 0.2) is 0 Å². The van der Waals surface area contributed by atoms with Crippen molar-refractivity contribution in [1.29, 1.82) is 0 Å². The Balaban J connectivity index is 2.60. The van der Waals surface area contributed by atoms with Crippen LogP contribution in [0, 0.1) is 0 Å². The van der Waals surface area contributed by atoms with Gasteiger partial charge in [-0.15, -0.1) is 0 Å². The molecule has 0 aliphatic rings. The molecule has 1 aromatic heterocycles. The van der Waals surface area contributed by atoms with E-state index >= 15 is 0 Å². The molecule has 4 nitrogen and oxygen atoms in total. The second-order valence-electron chi connectivity index (χ2n) is 3.85. The van der Waals surface area contributed by atoms with Crippen LogP contribution in [0.1, 0.15) is 12.6 Å². The summed E-state index contributed by atoms with van der Waals surface area (Å²) < 4.78 is 43.9. The van der Waals surface area contributed by atoms with Crippen LogP contribution in [0.5, 0.6) is 0 Å². The Hall–Kier alpha value is -1.34. The van der Waals surface area contributed by atoms with Gasteiger partial charge in [-0.05, 0) is 13.0 Å². The number of aromatic nitrogens is 1. The molecule has 0 aliphatic heterocycles. The van der Waals surface area contributed by atoms with Crippen molar-refractivity contribution in [3.63, 3.8) is 0 Å². The van der Waals surface area contributed by atoms with Crippen LogP contribution in [-0.4, -0.2) is 30.9 Å². The number of alkyl halides is 3. The van der Waals surface area contributed by atoms with Gasteiger partial charge >= 0.3 is 6.18 Å². The molecule has 108 valence electrons. The molecule has 1 heterocycles. The molecule has 0 saturated carbocycles. The molecule has 0 saturated heterocycles. The third-order valence-corrected chi connectivity index (χ3v) is 2.48. The molecule has 7 heteroatoms. The van der Waals surface area contributed by atoms with Gasteiger partial charge in [-0.1, -0.05) is 6.07 Å². The number of pyridine rings is 1. The van der Waals surface area contributed by atoms with Crippen molar-refractivity contribution >= 4 is 0 Å². The van der Waals surface area contributed by atoms with E-state index in [1.807, 2.05) is 6.92 Å². The maximum Gasteiger partial charge on any atom is 0.431 e. The van der Waals surface area contributed by atoms with Gasteiger partial charge in [0.05, 0.1) is 6.61 Å². The predicted molar refractivity (Wildman–Crippen MR) is 65.1 cm³/mol. The van der Waals surface area contributed by atoms with E-state index in [0.717, 1.165) is 22.8 Å². The summed E-state index contributed by atoms with van der Waals surface area (Å²) in [5.74, 6) is 0. The van der Waals surface area contributed by atoms with E-state index in [4.69, 9.17) is 4.74 Å². The molecule has 0 spiro atoms. The maximum atomic E-state index is 12.7. The molecule has 0 aromatic carbocycles. The first-order chi connectivity index (χ1) is 8.96. The molecule has 1 rings (SSSR count). The van der Waals surface area contributed by atoms with Crippen LogP contribution >= 0.6 is 0 Å². The van der Waals surface area contributed by atoms with Gasteiger partial charge in [-0.3, -0.25) is 4.79 Å². The Morgan fingerprint density at radius 1 is 1.32 bits per heavy atom. The van der Waals surface area contributed by atoms with E-state index in [2.05, 4.69) is 5.32 Å². The zero-order chi connectivity index (χ0) is 14.3. The zero-order valence-electron chi connectivity index (χ0n) is 10.7. The van der Waals surface area contributed by atoms with Crippen molar-refractivity contribution < 1.29 is 17.9 Å². The second kappa shape index (κ2) is 7.30. The number of rotatable bonds is 7. The normalized spacial score (nSPS) is 11.8. The van der Waals surface area contributed by atoms with Gasteiger partial charge in [0, 0.05) is 32.3 Å². The molecule has 0 fully saturated rings. The molecule has 1 N–H and O–H groups in total. The Labute approximate surface area is 109 Å². The minimum absolute atomic E-state index is 0.0271. The summed E-state index contributed by atoms with van der Waals surface area (Å²) in [6.07, 6.45) is -4.52. The van der Waals surface area contributed by atoms with Crippen LogP contribution in [0.3, 0.4) is 0 Å². The van der Waals surface area contributed by atoms with Crippen molar-refractivity contribution in [1.82, 2.24) is 9.88 Å². The third-order valence-electron chi connectivity index (χ3n) is 2.48. The first-order valence-corrected chi connectivity index (χ1v) is 6.02. The maximum absolute atomic E-state index is 12.7. The largest absolute Gasteiger partial charge is 0.431 e. The highest BCUT2D eigenvalue weighted by Gasteiger charge is 2.33. The third kappa shape index (κ3) is 5.04. The summed E-state index contributed by atoms with van der Waals surface area (Å²) in [6, 6.07) is 3.14. The van der Waals surface area contributed by atoms with Crippen LogP contribution in [0.25, 0.3) is 0 Å². The number of ether oxygens (including phenoxy) is 1. The fourth-order valence-corrected chi connectivity index (χ4v) is 1.60. The van der Waals surface area contributed by atoms with Crippen molar-refractivity contribution in [3.8, 4) is 0 Å². The zero-order valence-corrected chi connectivity index (χ0v) is 10.7. The molecule has 19 heavy (non-hydrogen) atoms. The van der Waals surface area contributed by atoms with E-state index < -0.39 is 17.4 Å². The molecule has 0 radical (unpaired) electrons. The lowest BCUT2D eigenvalue weighted by atomic mass is 10.3. The topological polar surface area (TPSA) is 43.3 Å². The summed E-state index contributed by atoms with van der Waals surface area (Å²) >= 11 is 0. The van der Waals surface area contributed by atoms with Gasteiger partial charge < -0.3 is 14.6 Å². The highest BCUT2D eigenvalue weighted by molar-refractivity contribution is 5.10. The molecule has 0 aliphatic carbocycles. The standard InChI is InChI=1S/C12H17F3N2O2/c1-2-19-9-7-16-6-8-17-10(12(13,14)15)4-3-5-11(17)18/h3-5,16H,2,6-9H2,1H3. The highest BCUT2D eigenvalue weighted by atomic mass is 19.4. The first-order valence-electron chi connectivity index (χ1n) is 6.02. The summed E-state index contributed by atoms with van der Waals surface area (Å²) in [5, 5.41) is 2.92. The number of hydrogen-bond donors (Lipinski definition) is 1. The minimum atomic E-state index is -4.52. The fraction of sp³-hybridized carbons (Fsp3) is 0.583. The first kappa shape index (κ1) is 15.7. The number of nitrogens with zero attached hydrogens (tertiary/aromatic N) is 1. The van der Waals surface area contributed by atoms with Gasteiger partial charge in [-0.25, -0.2) is 0 Å². The molecule has 0 atom stereocenters. The van der Waals surface area contributed by atoms with Gasteiger partial charge in [0.25, 0.3) is 5.56 Å².